The maximum Gasteiger partial charge on any atom is 0.270 e. The van der Waals surface area contributed by atoms with Gasteiger partial charge in [0.25, 0.3) is 11.5 Å². The fraction of sp³-hybridized carbons (Fsp3) is 0.467. The molecule has 11 heteroatoms. The minimum atomic E-state index is -0.310. The number of nitriles is 1. The zero-order chi connectivity index (χ0) is 29.5. The molecule has 1 aromatic carbocycles. The van der Waals surface area contributed by atoms with E-state index in [0.29, 0.717) is 79.3 Å². The van der Waals surface area contributed by atoms with Gasteiger partial charge in [0.05, 0.1) is 4.91 Å². The lowest BCUT2D eigenvalue weighted by Gasteiger charge is -2.39. The number of halogens is 1. The highest BCUT2D eigenvalue weighted by molar-refractivity contribution is 8.26. The summed E-state index contributed by atoms with van der Waals surface area (Å²) in [7, 11) is 0. The van der Waals surface area contributed by atoms with Gasteiger partial charge in [-0.2, -0.15) is 5.26 Å². The summed E-state index contributed by atoms with van der Waals surface area (Å²) in [6, 6.07) is 8.58. The number of nitrogens with zero attached hydrogens (tertiary/aromatic N) is 5. The Hall–Kier alpha value is -3.20. The Morgan fingerprint density at radius 2 is 1.76 bits per heavy atom. The number of rotatable bonds is 11. The lowest BCUT2D eigenvalue weighted by atomic mass is 10.0. The molecular formula is C30H36FN5O3S2. The Bertz CT molecular complexity index is 1410. The number of piperazine rings is 1. The molecule has 0 unspecified atom stereocenters. The van der Waals surface area contributed by atoms with Gasteiger partial charge in [0.15, 0.2) is 0 Å². The highest BCUT2D eigenvalue weighted by atomic mass is 32.2. The summed E-state index contributed by atoms with van der Waals surface area (Å²) in [5.74, 6) is 0.276. The Morgan fingerprint density at radius 3 is 2.39 bits per heavy atom. The van der Waals surface area contributed by atoms with E-state index < -0.39 is 0 Å². The maximum atomic E-state index is 13.6. The molecule has 1 aromatic heterocycles. The molecule has 2 saturated heterocycles. The summed E-state index contributed by atoms with van der Waals surface area (Å²) in [4.78, 5) is 33.4. The van der Waals surface area contributed by atoms with Gasteiger partial charge in [-0.05, 0) is 62.6 Å². The summed E-state index contributed by atoms with van der Waals surface area (Å²) in [6.45, 7) is 10.5. The van der Waals surface area contributed by atoms with Gasteiger partial charge in [0.2, 0.25) is 0 Å². The first-order valence-corrected chi connectivity index (χ1v) is 15.3. The summed E-state index contributed by atoms with van der Waals surface area (Å²) in [5, 5.41) is 9.95. The fourth-order valence-corrected chi connectivity index (χ4v) is 6.42. The first kappa shape index (κ1) is 30.8. The summed E-state index contributed by atoms with van der Waals surface area (Å²) >= 11 is 6.78. The molecular weight excluding hydrogens is 561 g/mol. The van der Waals surface area contributed by atoms with Crippen molar-refractivity contribution in [3.8, 4) is 6.07 Å². The van der Waals surface area contributed by atoms with E-state index in [1.165, 1.54) is 23.9 Å². The monoisotopic (exact) mass is 597 g/mol. The molecule has 2 aliphatic heterocycles. The smallest absolute Gasteiger partial charge is 0.270 e. The Morgan fingerprint density at radius 1 is 1.07 bits per heavy atom. The number of hydrogen-bond acceptors (Lipinski definition) is 8. The van der Waals surface area contributed by atoms with E-state index in [1.54, 1.807) is 28.5 Å². The van der Waals surface area contributed by atoms with E-state index in [0.717, 1.165) is 24.3 Å². The Balaban J connectivity index is 1.72. The molecule has 3 heterocycles. The SMILES string of the molecule is CCCCn1c(N2CCN(c3ccc(F)cc3)CC2)c(C=C2SC(=S)N(CCCOCC)C2=O)c(C)c(C#N)c1=O. The van der Waals surface area contributed by atoms with Gasteiger partial charge in [-0.3, -0.25) is 19.1 Å². The first-order valence-electron chi connectivity index (χ1n) is 14.1. The van der Waals surface area contributed by atoms with Gasteiger partial charge in [0.1, 0.15) is 27.6 Å². The highest BCUT2D eigenvalue weighted by Crippen LogP contribution is 2.36. The summed E-state index contributed by atoms with van der Waals surface area (Å²) in [5.41, 5.74) is 1.98. The van der Waals surface area contributed by atoms with Crippen LogP contribution in [-0.4, -0.2) is 65.6 Å². The number of carbonyl (C=O) groups is 1. The largest absolute Gasteiger partial charge is 0.382 e. The van der Waals surface area contributed by atoms with Crippen molar-refractivity contribution >= 4 is 51.8 Å². The van der Waals surface area contributed by atoms with Gasteiger partial charge in [0, 0.05) is 63.7 Å². The van der Waals surface area contributed by atoms with Crippen LogP contribution >= 0.6 is 24.0 Å². The van der Waals surface area contributed by atoms with Gasteiger partial charge < -0.3 is 14.5 Å². The predicted molar refractivity (Wildman–Crippen MR) is 167 cm³/mol. The molecule has 0 bridgehead atoms. The van der Waals surface area contributed by atoms with Crippen LogP contribution in [0.4, 0.5) is 15.9 Å². The van der Waals surface area contributed by atoms with Crippen LogP contribution in [-0.2, 0) is 16.1 Å². The zero-order valence-corrected chi connectivity index (χ0v) is 25.5. The Labute approximate surface area is 250 Å². The molecule has 4 rings (SSSR count). The third kappa shape index (κ3) is 6.83. The zero-order valence-electron chi connectivity index (χ0n) is 23.8. The quantitative estimate of drug-likeness (QED) is 0.205. The Kier molecular flexibility index (Phi) is 10.6. The second kappa shape index (κ2) is 14.1. The molecule has 1 amide bonds. The van der Waals surface area contributed by atoms with Gasteiger partial charge in [-0.25, -0.2) is 4.39 Å². The van der Waals surface area contributed by atoms with Crippen LogP contribution in [0.25, 0.3) is 6.08 Å². The second-order valence-electron chi connectivity index (χ2n) is 9.99. The van der Waals surface area contributed by atoms with Crippen LogP contribution in [0, 0.1) is 24.1 Å². The van der Waals surface area contributed by atoms with Gasteiger partial charge in [-0.1, -0.05) is 37.3 Å². The van der Waals surface area contributed by atoms with Crippen molar-refractivity contribution in [3.63, 3.8) is 0 Å². The molecule has 41 heavy (non-hydrogen) atoms. The number of aromatic nitrogens is 1. The highest BCUT2D eigenvalue weighted by Gasteiger charge is 2.33. The average molecular weight is 598 g/mol. The van der Waals surface area contributed by atoms with Crippen LogP contribution in [0.5, 0.6) is 0 Å². The number of unbranched alkanes of at least 4 members (excludes halogenated alkanes) is 1. The maximum absolute atomic E-state index is 13.6. The van der Waals surface area contributed by atoms with Crippen molar-refractivity contribution in [3.05, 3.63) is 62.0 Å². The van der Waals surface area contributed by atoms with Crippen molar-refractivity contribution in [1.82, 2.24) is 9.47 Å². The number of carbonyl (C=O) groups excluding carboxylic acids is 1. The van der Waals surface area contributed by atoms with Crippen LogP contribution in [0.15, 0.2) is 34.0 Å². The summed E-state index contributed by atoms with van der Waals surface area (Å²) < 4.78 is 21.1. The molecule has 0 spiro atoms. The summed E-state index contributed by atoms with van der Waals surface area (Å²) in [6.07, 6.45) is 4.14. The number of thioether (sulfide) groups is 1. The molecule has 0 saturated carbocycles. The molecule has 8 nitrogen and oxygen atoms in total. The number of benzene rings is 1. The van der Waals surface area contributed by atoms with E-state index in [2.05, 4.69) is 22.8 Å². The number of ether oxygens (including phenoxy) is 1. The number of anilines is 2. The van der Waals surface area contributed by atoms with E-state index in [1.807, 2.05) is 13.0 Å². The number of pyridine rings is 1. The van der Waals surface area contributed by atoms with Crippen molar-refractivity contribution < 1.29 is 13.9 Å². The van der Waals surface area contributed by atoms with E-state index >= 15 is 0 Å². The van der Waals surface area contributed by atoms with Crippen LogP contribution in [0.3, 0.4) is 0 Å². The predicted octanol–water partition coefficient (Wildman–Crippen LogP) is 4.92. The van der Waals surface area contributed by atoms with Crippen molar-refractivity contribution in [1.29, 1.82) is 5.26 Å². The van der Waals surface area contributed by atoms with Crippen molar-refractivity contribution in [2.75, 3.05) is 55.7 Å². The molecule has 2 aliphatic rings. The molecule has 218 valence electrons. The fourth-order valence-electron chi connectivity index (χ4n) is 5.13. The van der Waals surface area contributed by atoms with Crippen molar-refractivity contribution in [2.45, 2.75) is 46.6 Å². The number of hydrogen-bond donors (Lipinski definition) is 0. The van der Waals surface area contributed by atoms with Crippen LogP contribution in [0.1, 0.15) is 49.8 Å². The lowest BCUT2D eigenvalue weighted by molar-refractivity contribution is -0.122. The number of thiocarbonyl (C=S) groups is 1. The minimum Gasteiger partial charge on any atom is -0.382 e. The first-order chi connectivity index (χ1) is 19.8. The van der Waals surface area contributed by atoms with Crippen molar-refractivity contribution in [2.24, 2.45) is 0 Å². The van der Waals surface area contributed by atoms with E-state index in [-0.39, 0.29) is 22.8 Å². The van der Waals surface area contributed by atoms with Crippen LogP contribution < -0.4 is 15.4 Å². The molecule has 0 radical (unpaired) electrons. The minimum absolute atomic E-state index is 0.0910. The molecule has 2 fully saturated rings. The molecule has 0 atom stereocenters. The van der Waals surface area contributed by atoms with E-state index in [9.17, 15) is 19.2 Å². The number of amides is 1. The molecule has 0 aliphatic carbocycles. The van der Waals surface area contributed by atoms with E-state index in [4.69, 9.17) is 17.0 Å². The third-order valence-corrected chi connectivity index (χ3v) is 8.75. The third-order valence-electron chi connectivity index (χ3n) is 7.38. The second-order valence-corrected chi connectivity index (χ2v) is 11.7. The standard InChI is InChI=1S/C30H36FN5O3S2/c1-4-6-12-35-27(34-16-14-33(15-17-34)23-10-8-22(31)9-11-23)24(21(3)25(20-32)28(35)37)19-26-29(38)36(30(40)41-26)13-7-18-39-5-2/h8-11,19H,4-7,12-18H2,1-3H3. The topological polar surface area (TPSA) is 81.8 Å². The van der Waals surface area contributed by atoms with Gasteiger partial charge >= 0.3 is 0 Å². The molecule has 2 aromatic rings. The van der Waals surface area contributed by atoms with Gasteiger partial charge in [-0.15, -0.1) is 0 Å². The normalized spacial score (nSPS) is 16.7. The lowest BCUT2D eigenvalue weighted by Crippen LogP contribution is -2.48. The molecule has 0 N–H and O–H groups in total. The average Bonchev–Trinajstić information content (AvgIpc) is 3.24. The van der Waals surface area contributed by atoms with Crippen LogP contribution in [0.2, 0.25) is 0 Å².